The lowest BCUT2D eigenvalue weighted by Gasteiger charge is -2.06. The fourth-order valence-corrected chi connectivity index (χ4v) is 2.15. The molecular weight excluding hydrogens is 284 g/mol. The molecule has 1 N–H and O–H groups in total. The van der Waals surface area contributed by atoms with Gasteiger partial charge in [-0.3, -0.25) is 4.79 Å². The minimum atomic E-state index is -0.627. The molecule has 0 fully saturated rings. The molecule has 7 heteroatoms. The number of furan rings is 1. The van der Waals surface area contributed by atoms with Crippen molar-refractivity contribution in [2.45, 2.75) is 0 Å². The minimum absolute atomic E-state index is 0.0611. The van der Waals surface area contributed by atoms with Crippen LogP contribution in [-0.4, -0.2) is 16.7 Å². The zero-order valence-electron chi connectivity index (χ0n) is 10.3. The number of fused-ring (bicyclic) bond motifs is 1. The van der Waals surface area contributed by atoms with Crippen LogP contribution < -0.4 is 16.0 Å². The molecule has 6 nitrogen and oxygen atoms in total. The highest BCUT2D eigenvalue weighted by atomic mass is 35.5. The Labute approximate surface area is 117 Å². The maximum Gasteiger partial charge on any atom is 0.336 e. The molecule has 0 spiro atoms. The molecule has 3 rings (SSSR count). The van der Waals surface area contributed by atoms with E-state index in [4.69, 9.17) is 20.8 Å². The summed E-state index contributed by atoms with van der Waals surface area (Å²) in [6.07, 6.45) is 0. The van der Waals surface area contributed by atoms with Gasteiger partial charge in [0.1, 0.15) is 5.75 Å². The number of aromatic amines is 1. The number of benzene rings is 1. The third-order valence-electron chi connectivity index (χ3n) is 2.89. The summed E-state index contributed by atoms with van der Waals surface area (Å²) in [7, 11) is 1.46. The van der Waals surface area contributed by atoms with Gasteiger partial charge in [-0.25, -0.2) is 4.79 Å². The molecule has 102 valence electrons. The molecule has 2 heterocycles. The van der Waals surface area contributed by atoms with Crippen molar-refractivity contribution in [1.29, 1.82) is 0 Å². The first-order valence-corrected chi connectivity index (χ1v) is 6.07. The largest absolute Gasteiger partial charge is 0.495 e. The Balaban J connectivity index is 2.42. The van der Waals surface area contributed by atoms with Crippen LogP contribution in [0.1, 0.15) is 0 Å². The first-order valence-electron chi connectivity index (χ1n) is 5.69. The van der Waals surface area contributed by atoms with Crippen molar-refractivity contribution in [1.82, 2.24) is 9.55 Å². The Morgan fingerprint density at radius 3 is 2.70 bits per heavy atom. The number of hydrogen-bond donors (Lipinski definition) is 1. The Bertz CT molecular complexity index is 907. The monoisotopic (exact) mass is 292 g/mol. The Morgan fingerprint density at radius 2 is 2.05 bits per heavy atom. The van der Waals surface area contributed by atoms with Crippen molar-refractivity contribution in [3.8, 4) is 11.6 Å². The van der Waals surface area contributed by atoms with Gasteiger partial charge >= 0.3 is 5.69 Å². The maximum absolute atomic E-state index is 12.4. The number of nitrogens with zero attached hydrogens (tertiary/aromatic N) is 1. The van der Waals surface area contributed by atoms with Gasteiger partial charge < -0.3 is 14.1 Å². The van der Waals surface area contributed by atoms with E-state index in [-0.39, 0.29) is 11.1 Å². The van der Waals surface area contributed by atoms with Crippen molar-refractivity contribution < 1.29 is 9.15 Å². The predicted octanol–water partition coefficient (Wildman–Crippen LogP) is 1.93. The van der Waals surface area contributed by atoms with Crippen LogP contribution in [0.2, 0.25) is 5.22 Å². The maximum atomic E-state index is 12.4. The summed E-state index contributed by atoms with van der Waals surface area (Å²) in [6, 6.07) is 7.83. The van der Waals surface area contributed by atoms with Gasteiger partial charge in [0.2, 0.25) is 5.88 Å². The molecule has 0 bridgehead atoms. The van der Waals surface area contributed by atoms with Crippen molar-refractivity contribution >= 4 is 22.5 Å². The lowest BCUT2D eigenvalue weighted by molar-refractivity contribution is 0.418. The molecule has 0 amide bonds. The third kappa shape index (κ3) is 1.81. The summed E-state index contributed by atoms with van der Waals surface area (Å²) in [5.41, 5.74) is -0.786. The second-order valence-electron chi connectivity index (χ2n) is 4.03. The van der Waals surface area contributed by atoms with Crippen LogP contribution in [0.15, 0.2) is 44.3 Å². The minimum Gasteiger partial charge on any atom is -0.495 e. The van der Waals surface area contributed by atoms with E-state index in [9.17, 15) is 9.59 Å². The summed E-state index contributed by atoms with van der Waals surface area (Å²) >= 11 is 5.67. The fourth-order valence-electron chi connectivity index (χ4n) is 2.01. The van der Waals surface area contributed by atoms with E-state index in [2.05, 4.69) is 4.98 Å². The number of para-hydroxylation sites is 1. The second kappa shape index (κ2) is 4.57. The van der Waals surface area contributed by atoms with E-state index in [0.717, 1.165) is 4.57 Å². The highest BCUT2D eigenvalue weighted by molar-refractivity contribution is 6.28. The lowest BCUT2D eigenvalue weighted by Crippen LogP contribution is -2.33. The predicted molar refractivity (Wildman–Crippen MR) is 74.0 cm³/mol. The topological polar surface area (TPSA) is 77.2 Å². The van der Waals surface area contributed by atoms with Crippen molar-refractivity contribution in [3.05, 3.63) is 56.4 Å². The highest BCUT2D eigenvalue weighted by Crippen LogP contribution is 2.20. The molecule has 0 radical (unpaired) electrons. The van der Waals surface area contributed by atoms with E-state index in [1.807, 2.05) is 0 Å². The summed E-state index contributed by atoms with van der Waals surface area (Å²) in [6.45, 7) is 0. The molecule has 3 aromatic rings. The standard InChI is InChI=1S/C13H9ClN2O4/c1-19-8-4-2-3-7-11(8)15-13(18)16(12(7)17)10-6-5-9(14)20-10/h2-6H,1H3,(H,15,18). The smallest absolute Gasteiger partial charge is 0.336 e. The normalized spacial score (nSPS) is 10.9. The Kier molecular flexibility index (Phi) is 2.87. The van der Waals surface area contributed by atoms with Gasteiger partial charge in [0, 0.05) is 6.07 Å². The molecule has 1 aromatic carbocycles. The van der Waals surface area contributed by atoms with Gasteiger partial charge in [0.05, 0.1) is 18.0 Å². The van der Waals surface area contributed by atoms with Crippen LogP contribution in [0.5, 0.6) is 5.75 Å². The molecule has 0 aliphatic heterocycles. The summed E-state index contributed by atoms with van der Waals surface area (Å²) in [5, 5.41) is 0.411. The van der Waals surface area contributed by atoms with Gasteiger partial charge in [-0.2, -0.15) is 4.57 Å². The Hall–Kier alpha value is -2.47. The number of rotatable bonds is 2. The number of methoxy groups -OCH3 is 1. The summed E-state index contributed by atoms with van der Waals surface area (Å²) in [5.74, 6) is 0.479. The first kappa shape index (κ1) is 12.6. The Morgan fingerprint density at radius 1 is 1.25 bits per heavy atom. The summed E-state index contributed by atoms with van der Waals surface area (Å²) in [4.78, 5) is 27.1. The second-order valence-corrected chi connectivity index (χ2v) is 4.40. The lowest BCUT2D eigenvalue weighted by atomic mass is 10.2. The van der Waals surface area contributed by atoms with Crippen LogP contribution in [0.3, 0.4) is 0 Å². The van der Waals surface area contributed by atoms with E-state index >= 15 is 0 Å². The van der Waals surface area contributed by atoms with Crippen LogP contribution in [0, 0.1) is 0 Å². The van der Waals surface area contributed by atoms with Crippen LogP contribution in [0.25, 0.3) is 16.8 Å². The average Bonchev–Trinajstić information content (AvgIpc) is 2.84. The number of halogens is 1. The van der Waals surface area contributed by atoms with E-state index in [1.54, 1.807) is 18.2 Å². The van der Waals surface area contributed by atoms with E-state index < -0.39 is 11.2 Å². The fraction of sp³-hybridized carbons (Fsp3) is 0.0769. The van der Waals surface area contributed by atoms with Crippen LogP contribution in [-0.2, 0) is 0 Å². The zero-order valence-corrected chi connectivity index (χ0v) is 11.1. The van der Waals surface area contributed by atoms with Crippen LogP contribution >= 0.6 is 11.6 Å². The number of hydrogen-bond acceptors (Lipinski definition) is 4. The van der Waals surface area contributed by atoms with E-state index in [0.29, 0.717) is 16.7 Å². The molecule has 0 atom stereocenters. The molecule has 2 aromatic heterocycles. The highest BCUT2D eigenvalue weighted by Gasteiger charge is 2.14. The van der Waals surface area contributed by atoms with Gasteiger partial charge in [0.25, 0.3) is 5.56 Å². The van der Waals surface area contributed by atoms with Crippen molar-refractivity contribution in [2.24, 2.45) is 0 Å². The number of H-pyrrole nitrogens is 1. The SMILES string of the molecule is COc1cccc2c(=O)n(-c3ccc(Cl)o3)c(=O)[nH]c12. The molecule has 0 saturated carbocycles. The van der Waals surface area contributed by atoms with Gasteiger partial charge in [-0.15, -0.1) is 0 Å². The first-order chi connectivity index (χ1) is 9.61. The van der Waals surface area contributed by atoms with Gasteiger partial charge in [-0.1, -0.05) is 6.07 Å². The number of ether oxygens (including phenoxy) is 1. The molecule has 0 unspecified atom stereocenters. The van der Waals surface area contributed by atoms with Gasteiger partial charge in [0.15, 0.2) is 5.22 Å². The zero-order chi connectivity index (χ0) is 14.3. The molecule has 0 aliphatic rings. The quantitative estimate of drug-likeness (QED) is 0.783. The van der Waals surface area contributed by atoms with Gasteiger partial charge in [-0.05, 0) is 29.8 Å². The molecular formula is C13H9ClN2O4. The molecule has 0 aliphatic carbocycles. The molecule has 0 saturated heterocycles. The van der Waals surface area contributed by atoms with Crippen molar-refractivity contribution in [2.75, 3.05) is 7.11 Å². The van der Waals surface area contributed by atoms with Crippen molar-refractivity contribution in [3.63, 3.8) is 0 Å². The van der Waals surface area contributed by atoms with E-state index in [1.165, 1.54) is 19.2 Å². The average molecular weight is 293 g/mol. The van der Waals surface area contributed by atoms with Crippen LogP contribution in [0.4, 0.5) is 0 Å². The number of aromatic nitrogens is 2. The summed E-state index contributed by atoms with van der Waals surface area (Å²) < 4.78 is 11.1. The third-order valence-corrected chi connectivity index (χ3v) is 3.10. The number of nitrogens with one attached hydrogen (secondary N) is 1. The molecule has 20 heavy (non-hydrogen) atoms.